The monoisotopic (exact) mass is 366 g/mol. The van der Waals surface area contributed by atoms with Crippen molar-refractivity contribution in [2.24, 2.45) is 0 Å². The fraction of sp³-hybridized carbons (Fsp3) is 0.238. The smallest absolute Gasteiger partial charge is 0.251 e. The van der Waals surface area contributed by atoms with Gasteiger partial charge in [0.25, 0.3) is 5.91 Å². The van der Waals surface area contributed by atoms with Gasteiger partial charge in [-0.3, -0.25) is 4.79 Å². The van der Waals surface area contributed by atoms with Crippen molar-refractivity contribution in [3.05, 3.63) is 65.2 Å². The van der Waals surface area contributed by atoms with E-state index in [0.29, 0.717) is 12.2 Å². The first-order valence-electron chi connectivity index (χ1n) is 8.48. The Hall–Kier alpha value is -2.50. The van der Waals surface area contributed by atoms with Gasteiger partial charge in [-0.2, -0.15) is 0 Å². The molecule has 0 saturated carbocycles. The standard InChI is InChI=1S/C21H22N2O2S/c1-14-4-6-16(7-5-14)17-10-18(20(24)23-15(2)13-25-3)12-19(11-17)21-22-8-9-26-21/h4-12,15H,13H2,1-3H3,(H,23,24). The molecule has 1 heterocycles. The van der Waals surface area contributed by atoms with Crippen molar-refractivity contribution in [3.8, 4) is 21.7 Å². The molecule has 0 aliphatic carbocycles. The third kappa shape index (κ3) is 4.36. The molecule has 4 nitrogen and oxygen atoms in total. The highest BCUT2D eigenvalue weighted by Gasteiger charge is 2.14. The minimum Gasteiger partial charge on any atom is -0.383 e. The van der Waals surface area contributed by atoms with E-state index < -0.39 is 0 Å². The van der Waals surface area contributed by atoms with Crippen molar-refractivity contribution in [2.75, 3.05) is 13.7 Å². The molecule has 0 fully saturated rings. The van der Waals surface area contributed by atoms with Crippen LogP contribution in [-0.4, -0.2) is 30.6 Å². The molecule has 2 aromatic carbocycles. The Morgan fingerprint density at radius 2 is 1.88 bits per heavy atom. The quantitative estimate of drug-likeness (QED) is 0.696. The van der Waals surface area contributed by atoms with E-state index in [-0.39, 0.29) is 11.9 Å². The highest BCUT2D eigenvalue weighted by Crippen LogP contribution is 2.29. The van der Waals surface area contributed by atoms with Crippen LogP contribution in [-0.2, 0) is 4.74 Å². The van der Waals surface area contributed by atoms with Crippen LogP contribution < -0.4 is 5.32 Å². The van der Waals surface area contributed by atoms with Crippen LogP contribution >= 0.6 is 11.3 Å². The molecule has 0 aliphatic rings. The second-order valence-electron chi connectivity index (χ2n) is 6.33. The number of nitrogens with zero attached hydrogens (tertiary/aromatic N) is 1. The van der Waals surface area contributed by atoms with Gasteiger partial charge in [0, 0.05) is 35.9 Å². The summed E-state index contributed by atoms with van der Waals surface area (Å²) in [6.07, 6.45) is 1.78. The van der Waals surface area contributed by atoms with E-state index in [2.05, 4.69) is 47.6 Å². The number of rotatable bonds is 6. The van der Waals surface area contributed by atoms with Crippen LogP contribution in [0, 0.1) is 6.92 Å². The number of hydrogen-bond donors (Lipinski definition) is 1. The molecule has 1 aromatic heterocycles. The van der Waals surface area contributed by atoms with Gasteiger partial charge in [0.05, 0.1) is 6.61 Å². The lowest BCUT2D eigenvalue weighted by Crippen LogP contribution is -2.35. The summed E-state index contributed by atoms with van der Waals surface area (Å²) in [7, 11) is 1.63. The van der Waals surface area contributed by atoms with Gasteiger partial charge in [-0.1, -0.05) is 29.8 Å². The summed E-state index contributed by atoms with van der Waals surface area (Å²) < 4.78 is 5.10. The summed E-state index contributed by atoms with van der Waals surface area (Å²) in [5.41, 5.74) is 4.85. The first kappa shape index (κ1) is 18.3. The molecule has 1 atom stereocenters. The number of nitrogens with one attached hydrogen (secondary N) is 1. The second-order valence-corrected chi connectivity index (χ2v) is 7.23. The van der Waals surface area contributed by atoms with Crippen molar-refractivity contribution < 1.29 is 9.53 Å². The van der Waals surface area contributed by atoms with Crippen LogP contribution in [0.3, 0.4) is 0 Å². The number of hydrogen-bond acceptors (Lipinski definition) is 4. The van der Waals surface area contributed by atoms with Crippen molar-refractivity contribution in [2.45, 2.75) is 19.9 Å². The zero-order chi connectivity index (χ0) is 18.5. The second kappa shape index (κ2) is 8.25. The summed E-state index contributed by atoms with van der Waals surface area (Å²) in [6, 6.07) is 14.1. The average Bonchev–Trinajstić information content (AvgIpc) is 3.17. The number of carbonyl (C=O) groups excluding carboxylic acids is 1. The molecular weight excluding hydrogens is 344 g/mol. The number of methoxy groups -OCH3 is 1. The molecule has 0 bridgehead atoms. The molecule has 26 heavy (non-hydrogen) atoms. The molecule has 0 spiro atoms. The fourth-order valence-electron chi connectivity index (χ4n) is 2.76. The first-order valence-corrected chi connectivity index (χ1v) is 9.36. The van der Waals surface area contributed by atoms with Crippen molar-refractivity contribution >= 4 is 17.2 Å². The lowest BCUT2D eigenvalue weighted by Gasteiger charge is -2.14. The summed E-state index contributed by atoms with van der Waals surface area (Å²) in [4.78, 5) is 17.1. The highest BCUT2D eigenvalue weighted by atomic mass is 32.1. The van der Waals surface area contributed by atoms with Crippen LogP contribution in [0.2, 0.25) is 0 Å². The minimum atomic E-state index is -0.110. The summed E-state index contributed by atoms with van der Waals surface area (Å²) >= 11 is 1.56. The van der Waals surface area contributed by atoms with E-state index in [4.69, 9.17) is 4.74 Å². The minimum absolute atomic E-state index is 0.0566. The highest BCUT2D eigenvalue weighted by molar-refractivity contribution is 7.13. The number of amides is 1. The van der Waals surface area contributed by atoms with Gasteiger partial charge in [0.1, 0.15) is 5.01 Å². The Kier molecular flexibility index (Phi) is 5.81. The van der Waals surface area contributed by atoms with Gasteiger partial charge in [0.2, 0.25) is 0 Å². The Bertz CT molecular complexity index is 874. The zero-order valence-electron chi connectivity index (χ0n) is 15.2. The molecule has 0 aliphatic heterocycles. The zero-order valence-corrected chi connectivity index (χ0v) is 16.0. The Balaban J connectivity index is 2.00. The van der Waals surface area contributed by atoms with E-state index in [1.54, 1.807) is 24.6 Å². The maximum absolute atomic E-state index is 12.7. The van der Waals surface area contributed by atoms with Crippen LogP contribution in [0.4, 0.5) is 0 Å². The van der Waals surface area contributed by atoms with E-state index in [1.807, 2.05) is 24.4 Å². The van der Waals surface area contributed by atoms with Gasteiger partial charge >= 0.3 is 0 Å². The normalized spacial score (nSPS) is 12.0. The number of aryl methyl sites for hydroxylation is 1. The first-order chi connectivity index (χ1) is 12.6. The summed E-state index contributed by atoms with van der Waals surface area (Å²) in [5.74, 6) is -0.110. The molecule has 1 amide bonds. The Labute approximate surface area is 157 Å². The molecule has 3 aromatic rings. The maximum atomic E-state index is 12.7. The van der Waals surface area contributed by atoms with Crippen LogP contribution in [0.5, 0.6) is 0 Å². The van der Waals surface area contributed by atoms with Crippen LogP contribution in [0.15, 0.2) is 54.0 Å². The lowest BCUT2D eigenvalue weighted by molar-refractivity contribution is 0.0905. The Morgan fingerprint density at radius 1 is 1.15 bits per heavy atom. The molecule has 5 heteroatoms. The molecule has 3 rings (SSSR count). The topological polar surface area (TPSA) is 51.2 Å². The molecule has 1 unspecified atom stereocenters. The van der Waals surface area contributed by atoms with Gasteiger partial charge in [0.15, 0.2) is 0 Å². The van der Waals surface area contributed by atoms with Gasteiger partial charge in [-0.15, -0.1) is 11.3 Å². The fourth-order valence-corrected chi connectivity index (χ4v) is 3.39. The predicted molar refractivity (Wildman–Crippen MR) is 107 cm³/mol. The van der Waals surface area contributed by atoms with Gasteiger partial charge in [-0.25, -0.2) is 4.98 Å². The number of benzene rings is 2. The van der Waals surface area contributed by atoms with Crippen LogP contribution in [0.1, 0.15) is 22.8 Å². The molecule has 1 N–H and O–H groups in total. The van der Waals surface area contributed by atoms with Crippen molar-refractivity contribution in [1.82, 2.24) is 10.3 Å². The Morgan fingerprint density at radius 3 is 2.54 bits per heavy atom. The van der Waals surface area contributed by atoms with E-state index in [0.717, 1.165) is 21.7 Å². The lowest BCUT2D eigenvalue weighted by atomic mass is 9.98. The summed E-state index contributed by atoms with van der Waals surface area (Å²) in [6.45, 7) is 4.46. The third-order valence-electron chi connectivity index (χ3n) is 4.05. The van der Waals surface area contributed by atoms with Gasteiger partial charge < -0.3 is 10.1 Å². The molecule has 0 saturated heterocycles. The summed E-state index contributed by atoms with van der Waals surface area (Å²) in [5, 5.41) is 5.82. The molecular formula is C21H22N2O2S. The molecule has 134 valence electrons. The largest absolute Gasteiger partial charge is 0.383 e. The van der Waals surface area contributed by atoms with E-state index >= 15 is 0 Å². The average molecular weight is 366 g/mol. The maximum Gasteiger partial charge on any atom is 0.251 e. The number of aromatic nitrogens is 1. The third-order valence-corrected chi connectivity index (χ3v) is 4.88. The number of carbonyl (C=O) groups is 1. The van der Waals surface area contributed by atoms with E-state index in [9.17, 15) is 4.79 Å². The van der Waals surface area contributed by atoms with Gasteiger partial charge in [-0.05, 0) is 43.2 Å². The van der Waals surface area contributed by atoms with Crippen LogP contribution in [0.25, 0.3) is 21.7 Å². The van der Waals surface area contributed by atoms with E-state index in [1.165, 1.54) is 5.56 Å². The predicted octanol–water partition coefficient (Wildman–Crippen LogP) is 4.55. The number of thiazole rings is 1. The SMILES string of the molecule is COCC(C)NC(=O)c1cc(-c2ccc(C)cc2)cc(-c2nccs2)c1. The van der Waals surface area contributed by atoms with Crippen molar-refractivity contribution in [1.29, 1.82) is 0 Å². The van der Waals surface area contributed by atoms with Crippen molar-refractivity contribution in [3.63, 3.8) is 0 Å². The molecule has 0 radical (unpaired) electrons. The number of ether oxygens (including phenoxy) is 1.